The highest BCUT2D eigenvalue weighted by Gasteiger charge is 2.21. The largest absolute Gasteiger partial charge is 0.456 e. The predicted molar refractivity (Wildman–Crippen MR) is 100 cm³/mol. The zero-order valence-corrected chi connectivity index (χ0v) is 13.9. The summed E-state index contributed by atoms with van der Waals surface area (Å²) in [6, 6.07) is 19.2. The van der Waals surface area contributed by atoms with E-state index >= 15 is 0 Å². The maximum Gasteiger partial charge on any atom is 0.268 e. The van der Waals surface area contributed by atoms with E-state index in [9.17, 15) is 10.1 Å². The number of aromatic nitrogens is 2. The van der Waals surface area contributed by atoms with E-state index in [4.69, 9.17) is 4.42 Å². The van der Waals surface area contributed by atoms with E-state index in [2.05, 4.69) is 11.1 Å². The number of benzene rings is 2. The Morgan fingerprint density at radius 2 is 1.88 bits per heavy atom. The van der Waals surface area contributed by atoms with Gasteiger partial charge in [0.25, 0.3) is 5.56 Å². The minimum Gasteiger partial charge on any atom is -0.456 e. The monoisotopic (exact) mass is 339 g/mol. The Bertz CT molecular complexity index is 1390. The number of hydrogen-bond acceptors (Lipinski definition) is 3. The summed E-state index contributed by atoms with van der Waals surface area (Å²) in [5, 5.41) is 10.6. The van der Waals surface area contributed by atoms with E-state index < -0.39 is 0 Å². The van der Waals surface area contributed by atoms with Gasteiger partial charge in [-0.05, 0) is 36.8 Å². The smallest absolute Gasteiger partial charge is 0.268 e. The molecule has 0 radical (unpaired) electrons. The normalized spacial score (nSPS) is 11.4. The van der Waals surface area contributed by atoms with Gasteiger partial charge in [0.2, 0.25) is 0 Å². The second kappa shape index (κ2) is 5.11. The molecule has 26 heavy (non-hydrogen) atoms. The van der Waals surface area contributed by atoms with Gasteiger partial charge in [-0.3, -0.25) is 9.20 Å². The van der Waals surface area contributed by atoms with Crippen molar-refractivity contribution >= 4 is 27.6 Å². The van der Waals surface area contributed by atoms with Crippen LogP contribution in [0.1, 0.15) is 11.1 Å². The Labute approximate surface area is 147 Å². The molecule has 0 fully saturated rings. The molecule has 0 aliphatic carbocycles. The summed E-state index contributed by atoms with van der Waals surface area (Å²) in [7, 11) is 0. The number of aromatic amines is 1. The first-order valence-electron chi connectivity index (χ1n) is 8.24. The van der Waals surface area contributed by atoms with Gasteiger partial charge in [-0.1, -0.05) is 30.3 Å². The van der Waals surface area contributed by atoms with Gasteiger partial charge in [0.05, 0.1) is 22.2 Å². The van der Waals surface area contributed by atoms with E-state index in [1.165, 1.54) is 0 Å². The number of nitrogens with zero attached hydrogens (tertiary/aromatic N) is 2. The number of pyridine rings is 1. The van der Waals surface area contributed by atoms with Crippen molar-refractivity contribution in [3.05, 3.63) is 76.1 Å². The van der Waals surface area contributed by atoms with Gasteiger partial charge in [-0.2, -0.15) is 5.26 Å². The van der Waals surface area contributed by atoms with Crippen molar-refractivity contribution in [2.24, 2.45) is 0 Å². The van der Waals surface area contributed by atoms with Crippen molar-refractivity contribution in [3.63, 3.8) is 0 Å². The zero-order valence-electron chi connectivity index (χ0n) is 13.9. The van der Waals surface area contributed by atoms with Gasteiger partial charge < -0.3 is 9.40 Å². The van der Waals surface area contributed by atoms with Crippen molar-refractivity contribution in [1.82, 2.24) is 9.38 Å². The predicted octanol–water partition coefficient (Wildman–Crippen LogP) is 4.37. The molecule has 3 aromatic heterocycles. The molecule has 0 saturated heterocycles. The second-order valence-corrected chi connectivity index (χ2v) is 6.27. The Kier molecular flexibility index (Phi) is 2.86. The third-order valence-electron chi connectivity index (χ3n) is 4.81. The Hall–Kier alpha value is -3.78. The highest BCUT2D eigenvalue weighted by molar-refractivity contribution is 5.87. The van der Waals surface area contributed by atoms with Crippen LogP contribution < -0.4 is 5.56 Å². The summed E-state index contributed by atoms with van der Waals surface area (Å²) in [5.41, 5.74) is 4.04. The van der Waals surface area contributed by atoms with Crippen LogP contribution in [0.4, 0.5) is 0 Å². The Balaban J connectivity index is 1.98. The molecule has 0 aliphatic heterocycles. The van der Waals surface area contributed by atoms with E-state index in [1.54, 1.807) is 11.3 Å². The fraction of sp³-hybridized carbons (Fsp3) is 0.0476. The van der Waals surface area contributed by atoms with Crippen LogP contribution in [-0.2, 0) is 0 Å². The number of imidazole rings is 1. The van der Waals surface area contributed by atoms with Gasteiger partial charge in [0, 0.05) is 5.39 Å². The number of H-pyrrole nitrogens is 1. The topological polar surface area (TPSA) is 74.2 Å². The van der Waals surface area contributed by atoms with Crippen LogP contribution in [0.3, 0.4) is 0 Å². The van der Waals surface area contributed by atoms with Crippen LogP contribution in [0.15, 0.2) is 63.8 Å². The van der Waals surface area contributed by atoms with Gasteiger partial charge in [0.1, 0.15) is 23.1 Å². The average Bonchev–Trinajstić information content (AvgIpc) is 3.23. The lowest BCUT2D eigenvalue weighted by atomic mass is 10.0. The molecule has 0 aliphatic rings. The quantitative estimate of drug-likeness (QED) is 0.493. The van der Waals surface area contributed by atoms with Gasteiger partial charge >= 0.3 is 0 Å². The maximum atomic E-state index is 13.3. The van der Waals surface area contributed by atoms with Gasteiger partial charge in [-0.25, -0.2) is 0 Å². The summed E-state index contributed by atoms with van der Waals surface area (Å²) in [4.78, 5) is 16.5. The fourth-order valence-electron chi connectivity index (χ4n) is 3.57. The zero-order chi connectivity index (χ0) is 17.8. The number of hydrogen-bond donors (Lipinski definition) is 1. The Morgan fingerprint density at radius 1 is 1.12 bits per heavy atom. The van der Waals surface area contributed by atoms with E-state index in [-0.39, 0.29) is 5.56 Å². The van der Waals surface area contributed by atoms with Crippen LogP contribution in [0.2, 0.25) is 0 Å². The van der Waals surface area contributed by atoms with Crippen molar-refractivity contribution in [1.29, 1.82) is 5.26 Å². The average molecular weight is 339 g/mol. The standard InChI is InChI=1S/C21H13N3O2/c1-12-14(11-22)20-23-15-7-3-4-8-16(15)24(20)21(25)19(12)18-10-13-6-2-5-9-17(13)26-18/h2-10,23H,1H3. The Morgan fingerprint density at radius 3 is 2.69 bits per heavy atom. The number of nitriles is 1. The van der Waals surface area contributed by atoms with Crippen molar-refractivity contribution in [2.45, 2.75) is 6.92 Å². The highest BCUT2D eigenvalue weighted by Crippen LogP contribution is 2.31. The lowest BCUT2D eigenvalue weighted by Crippen LogP contribution is -2.17. The van der Waals surface area contributed by atoms with Crippen LogP contribution in [0, 0.1) is 18.3 Å². The molecule has 0 unspecified atom stereocenters. The lowest BCUT2D eigenvalue weighted by molar-refractivity contribution is 0.629. The molecular formula is C21H13N3O2. The van der Waals surface area contributed by atoms with Crippen molar-refractivity contribution in [2.75, 3.05) is 0 Å². The molecule has 0 saturated carbocycles. The molecule has 0 spiro atoms. The number of para-hydroxylation sites is 3. The van der Waals surface area contributed by atoms with E-state index in [0.29, 0.717) is 33.7 Å². The molecule has 5 nitrogen and oxygen atoms in total. The molecule has 0 amide bonds. The summed E-state index contributed by atoms with van der Waals surface area (Å²) < 4.78 is 7.48. The molecule has 1 N–H and O–H groups in total. The fourth-order valence-corrected chi connectivity index (χ4v) is 3.57. The SMILES string of the molecule is Cc1c(-c2cc3ccccc3o2)c(=O)n2c([nH]c3ccccc32)c1C#N. The molecule has 0 bridgehead atoms. The molecule has 5 rings (SSSR count). The first kappa shape index (κ1) is 14.6. The number of furan rings is 1. The molecule has 0 atom stereocenters. The number of fused-ring (bicyclic) bond motifs is 4. The minimum atomic E-state index is -0.201. The van der Waals surface area contributed by atoms with E-state index in [1.807, 2.05) is 54.6 Å². The summed E-state index contributed by atoms with van der Waals surface area (Å²) in [6.07, 6.45) is 0. The molecule has 5 aromatic rings. The van der Waals surface area contributed by atoms with Gasteiger partial charge in [0.15, 0.2) is 0 Å². The maximum absolute atomic E-state index is 13.3. The summed E-state index contributed by atoms with van der Waals surface area (Å²) in [6.45, 7) is 1.79. The van der Waals surface area contributed by atoms with Crippen LogP contribution in [0.5, 0.6) is 0 Å². The third kappa shape index (κ3) is 1.81. The minimum absolute atomic E-state index is 0.201. The van der Waals surface area contributed by atoms with Crippen LogP contribution in [-0.4, -0.2) is 9.38 Å². The number of nitrogens with one attached hydrogen (secondary N) is 1. The van der Waals surface area contributed by atoms with Gasteiger partial charge in [-0.15, -0.1) is 0 Å². The van der Waals surface area contributed by atoms with Crippen LogP contribution in [0.25, 0.3) is 39.0 Å². The van der Waals surface area contributed by atoms with E-state index in [0.717, 1.165) is 16.4 Å². The molecule has 3 heterocycles. The molecular weight excluding hydrogens is 326 g/mol. The lowest BCUT2D eigenvalue weighted by Gasteiger charge is -2.07. The summed E-state index contributed by atoms with van der Waals surface area (Å²) in [5.74, 6) is 0.477. The first-order chi connectivity index (χ1) is 12.7. The van der Waals surface area contributed by atoms with Crippen LogP contribution >= 0.6 is 0 Å². The number of rotatable bonds is 1. The van der Waals surface area contributed by atoms with Crippen molar-refractivity contribution in [3.8, 4) is 17.4 Å². The van der Waals surface area contributed by atoms with Crippen molar-refractivity contribution < 1.29 is 4.42 Å². The molecule has 5 heteroatoms. The second-order valence-electron chi connectivity index (χ2n) is 6.27. The third-order valence-corrected chi connectivity index (χ3v) is 4.81. The molecule has 124 valence electrons. The highest BCUT2D eigenvalue weighted by atomic mass is 16.3. The molecule has 2 aromatic carbocycles. The first-order valence-corrected chi connectivity index (χ1v) is 8.24. The summed E-state index contributed by atoms with van der Waals surface area (Å²) >= 11 is 0.